The summed E-state index contributed by atoms with van der Waals surface area (Å²) in [5, 5.41) is 8.36. The number of halogens is 1. The number of sulfonamides is 1. The van der Waals surface area contributed by atoms with Gasteiger partial charge in [0.2, 0.25) is 5.56 Å². The van der Waals surface area contributed by atoms with E-state index in [1.54, 1.807) is 32.3 Å². The van der Waals surface area contributed by atoms with Gasteiger partial charge >= 0.3 is 0 Å². The molecule has 0 spiro atoms. The lowest BCUT2D eigenvalue weighted by atomic mass is 10.0. The van der Waals surface area contributed by atoms with Crippen molar-refractivity contribution in [3.8, 4) is 11.3 Å². The van der Waals surface area contributed by atoms with Gasteiger partial charge in [-0.05, 0) is 43.7 Å². The lowest BCUT2D eigenvalue weighted by Crippen LogP contribution is -2.18. The molecule has 0 aliphatic carbocycles. The second kappa shape index (κ2) is 8.71. The molecule has 0 amide bonds. The third-order valence-electron chi connectivity index (χ3n) is 5.31. The molecule has 0 aliphatic heterocycles. The molecule has 3 N–H and O–H groups in total. The van der Waals surface area contributed by atoms with Gasteiger partial charge in [0, 0.05) is 36.5 Å². The van der Waals surface area contributed by atoms with Crippen LogP contribution in [-0.4, -0.2) is 18.0 Å². The van der Waals surface area contributed by atoms with Crippen molar-refractivity contribution in [2.75, 3.05) is 5.32 Å². The molecule has 176 valence electrons. The predicted molar refractivity (Wildman–Crippen MR) is 131 cm³/mol. The van der Waals surface area contributed by atoms with E-state index in [2.05, 4.69) is 10.3 Å². The van der Waals surface area contributed by atoms with E-state index in [-0.39, 0.29) is 21.8 Å². The number of aromatic nitrogens is 2. The Bertz CT molecular complexity index is 1660. The van der Waals surface area contributed by atoms with Crippen molar-refractivity contribution in [1.82, 2.24) is 9.55 Å². The number of benzene rings is 1. The van der Waals surface area contributed by atoms with Crippen LogP contribution in [0.15, 0.2) is 67.7 Å². The second-order valence-electron chi connectivity index (χ2n) is 7.97. The van der Waals surface area contributed by atoms with Crippen LogP contribution >= 0.6 is 11.6 Å². The number of nitrogens with zero attached hydrogens (tertiary/aromatic N) is 2. The molecule has 0 fully saturated rings. The van der Waals surface area contributed by atoms with Gasteiger partial charge in [0.05, 0.1) is 17.1 Å². The number of fused-ring (bicyclic) bond motifs is 1. The molecule has 4 rings (SSSR count). The van der Waals surface area contributed by atoms with Crippen molar-refractivity contribution in [2.24, 2.45) is 12.2 Å². The molecule has 4 aromatic rings. The van der Waals surface area contributed by atoms with Gasteiger partial charge in [-0.3, -0.25) is 9.59 Å². The van der Waals surface area contributed by atoms with Gasteiger partial charge in [-0.2, -0.15) is 0 Å². The number of hydrogen-bond acceptors (Lipinski definition) is 7. The highest BCUT2D eigenvalue weighted by Gasteiger charge is 2.21. The number of hydrogen-bond donors (Lipinski definition) is 2. The van der Waals surface area contributed by atoms with Crippen LogP contribution in [-0.2, 0) is 17.1 Å². The number of anilines is 1. The summed E-state index contributed by atoms with van der Waals surface area (Å²) in [5.74, 6) is 0.295. The zero-order chi connectivity index (χ0) is 24.8. The maximum Gasteiger partial charge on any atom is 0.257 e. The van der Waals surface area contributed by atoms with E-state index in [1.165, 1.54) is 28.8 Å². The Hall–Kier alpha value is -3.47. The summed E-state index contributed by atoms with van der Waals surface area (Å²) in [5.41, 5.74) is 2.05. The number of rotatable bonds is 5. The standard InChI is InChI=1S/C23H21ClN4O5S/c1-12-8-15(13(2)26-17-5-6-20(24)27-23(17)34(25,31)32)22-16(9-12)18(29)10-19(33-22)14-4-7-21(30)28(3)11-14/h4-11,13,26H,1-3H3,(H2,25,31,32). The lowest BCUT2D eigenvalue weighted by molar-refractivity contribution is 0.594. The molecule has 0 saturated carbocycles. The summed E-state index contributed by atoms with van der Waals surface area (Å²) < 4.78 is 31.6. The Balaban J connectivity index is 1.87. The Labute approximate surface area is 199 Å². The first-order valence-corrected chi connectivity index (χ1v) is 12.1. The molecule has 9 nitrogen and oxygen atoms in total. The summed E-state index contributed by atoms with van der Waals surface area (Å²) in [7, 11) is -2.54. The topological polar surface area (TPSA) is 137 Å². The fourth-order valence-electron chi connectivity index (χ4n) is 3.69. The zero-order valence-electron chi connectivity index (χ0n) is 18.5. The largest absolute Gasteiger partial charge is 0.455 e. The van der Waals surface area contributed by atoms with Crippen molar-refractivity contribution in [3.63, 3.8) is 0 Å². The van der Waals surface area contributed by atoms with Gasteiger partial charge in [-0.25, -0.2) is 18.5 Å². The smallest absolute Gasteiger partial charge is 0.257 e. The molecule has 1 unspecified atom stereocenters. The number of pyridine rings is 2. The summed E-state index contributed by atoms with van der Waals surface area (Å²) in [4.78, 5) is 28.6. The second-order valence-corrected chi connectivity index (χ2v) is 9.83. The Morgan fingerprint density at radius 1 is 1.15 bits per heavy atom. The minimum absolute atomic E-state index is 0.0175. The molecule has 3 heterocycles. The fourth-order valence-corrected chi connectivity index (χ4v) is 4.55. The maximum atomic E-state index is 13.0. The van der Waals surface area contributed by atoms with E-state index in [0.29, 0.717) is 27.9 Å². The first-order valence-electron chi connectivity index (χ1n) is 10.2. The van der Waals surface area contributed by atoms with E-state index < -0.39 is 21.1 Å². The van der Waals surface area contributed by atoms with Crippen LogP contribution in [0, 0.1) is 6.92 Å². The van der Waals surface area contributed by atoms with Gasteiger partial charge in [-0.15, -0.1) is 0 Å². The number of aryl methyl sites for hydroxylation is 2. The first-order chi connectivity index (χ1) is 15.9. The minimum atomic E-state index is -4.15. The van der Waals surface area contributed by atoms with Crippen molar-refractivity contribution < 1.29 is 12.8 Å². The SMILES string of the molecule is Cc1cc(C(C)Nc2ccc(Cl)nc2S(N)(=O)=O)c2oc(-c3ccc(=O)n(C)c3)cc(=O)c2c1. The number of nitrogens with two attached hydrogens (primary N) is 1. The molecular weight excluding hydrogens is 480 g/mol. The fraction of sp³-hybridized carbons (Fsp3) is 0.174. The highest BCUT2D eigenvalue weighted by molar-refractivity contribution is 7.89. The maximum absolute atomic E-state index is 13.0. The van der Waals surface area contributed by atoms with Crippen LogP contribution in [0.5, 0.6) is 0 Å². The van der Waals surface area contributed by atoms with Crippen molar-refractivity contribution in [3.05, 3.63) is 85.5 Å². The number of nitrogens with one attached hydrogen (secondary N) is 1. The van der Waals surface area contributed by atoms with Crippen LogP contribution in [0.3, 0.4) is 0 Å². The zero-order valence-corrected chi connectivity index (χ0v) is 20.1. The van der Waals surface area contributed by atoms with Crippen molar-refractivity contribution in [1.29, 1.82) is 0 Å². The average Bonchev–Trinajstić information content (AvgIpc) is 2.76. The number of primary sulfonamides is 1. The van der Waals surface area contributed by atoms with Crippen LogP contribution in [0.25, 0.3) is 22.3 Å². The molecule has 0 radical (unpaired) electrons. The molecule has 1 aromatic carbocycles. The molecule has 0 saturated heterocycles. The van der Waals surface area contributed by atoms with Gasteiger partial charge in [0.1, 0.15) is 16.5 Å². The van der Waals surface area contributed by atoms with Crippen molar-refractivity contribution in [2.45, 2.75) is 24.9 Å². The summed E-state index contributed by atoms with van der Waals surface area (Å²) in [6.45, 7) is 3.63. The molecule has 11 heteroatoms. The molecule has 0 aliphatic rings. The normalized spacial score (nSPS) is 12.6. The van der Waals surface area contributed by atoms with E-state index >= 15 is 0 Å². The van der Waals surface area contributed by atoms with Crippen molar-refractivity contribution >= 4 is 38.3 Å². The Morgan fingerprint density at radius 3 is 2.56 bits per heavy atom. The Kier molecular flexibility index (Phi) is 6.07. The predicted octanol–water partition coefficient (Wildman–Crippen LogP) is 3.34. The van der Waals surface area contributed by atoms with E-state index in [9.17, 15) is 18.0 Å². The van der Waals surface area contributed by atoms with Gasteiger partial charge in [0.25, 0.3) is 10.0 Å². The molecule has 3 aromatic heterocycles. The summed E-state index contributed by atoms with van der Waals surface area (Å²) >= 11 is 5.86. The lowest BCUT2D eigenvalue weighted by Gasteiger charge is -2.19. The third kappa shape index (κ3) is 4.60. The molecule has 34 heavy (non-hydrogen) atoms. The molecule has 1 atom stereocenters. The van der Waals surface area contributed by atoms with Gasteiger partial charge < -0.3 is 14.3 Å². The highest BCUT2D eigenvalue weighted by atomic mass is 35.5. The van der Waals surface area contributed by atoms with Gasteiger partial charge in [0.15, 0.2) is 10.5 Å². The monoisotopic (exact) mass is 500 g/mol. The minimum Gasteiger partial charge on any atom is -0.455 e. The summed E-state index contributed by atoms with van der Waals surface area (Å²) in [6, 6.07) is 10.3. The van der Waals surface area contributed by atoms with E-state index in [0.717, 1.165) is 5.56 Å². The average molecular weight is 501 g/mol. The summed E-state index contributed by atoms with van der Waals surface area (Å²) in [6.07, 6.45) is 1.58. The van der Waals surface area contributed by atoms with Crippen LogP contribution < -0.4 is 21.4 Å². The molecule has 0 bridgehead atoms. The highest BCUT2D eigenvalue weighted by Crippen LogP contribution is 2.31. The van der Waals surface area contributed by atoms with E-state index in [4.69, 9.17) is 21.2 Å². The van der Waals surface area contributed by atoms with Crippen LogP contribution in [0.1, 0.15) is 24.1 Å². The van der Waals surface area contributed by atoms with E-state index in [1.807, 2.05) is 13.0 Å². The Morgan fingerprint density at radius 2 is 1.88 bits per heavy atom. The quantitative estimate of drug-likeness (QED) is 0.401. The first kappa shape index (κ1) is 23.7. The van der Waals surface area contributed by atoms with Crippen LogP contribution in [0.4, 0.5) is 5.69 Å². The molecular formula is C23H21ClN4O5S. The third-order valence-corrected chi connectivity index (χ3v) is 6.37. The van der Waals surface area contributed by atoms with Crippen LogP contribution in [0.2, 0.25) is 5.15 Å². The van der Waals surface area contributed by atoms with Gasteiger partial charge in [-0.1, -0.05) is 17.7 Å².